The summed E-state index contributed by atoms with van der Waals surface area (Å²) in [5, 5.41) is 0. The molecule has 0 aliphatic rings. The van der Waals surface area contributed by atoms with Gasteiger partial charge in [0, 0.05) is 72.1 Å². The van der Waals surface area contributed by atoms with Crippen molar-refractivity contribution in [2.75, 3.05) is 0 Å². The van der Waals surface area contributed by atoms with E-state index in [1.165, 1.54) is 0 Å². The van der Waals surface area contributed by atoms with Gasteiger partial charge in [-0.05, 0) is 0 Å². The molecule has 0 atom stereocenters. The molecule has 0 N–H and O–H groups in total. The maximum absolute atomic E-state index is 0. The fourth-order valence-electron chi connectivity index (χ4n) is 0. The van der Waals surface area contributed by atoms with Crippen LogP contribution in [0, 0.1) is 0 Å². The van der Waals surface area contributed by atoms with Crippen LogP contribution in [0.25, 0.3) is 0 Å². The van der Waals surface area contributed by atoms with Gasteiger partial charge in [0.2, 0.25) is 0 Å². The van der Waals surface area contributed by atoms with Crippen molar-refractivity contribution >= 4 is 17.4 Å². The summed E-state index contributed by atoms with van der Waals surface area (Å²) in [5.41, 5.74) is 0. The molecule has 0 aliphatic heterocycles. The van der Waals surface area contributed by atoms with Gasteiger partial charge in [-0.3, -0.25) is 0 Å². The molecule has 0 heterocycles. The Bertz CT molecular complexity index is 11.6. The number of hydrogen-bond acceptors (Lipinski definition) is 0. The Morgan fingerprint density at radius 1 is 1.00 bits per heavy atom. The third-order valence-electron chi connectivity index (χ3n) is 0. The van der Waals surface area contributed by atoms with E-state index < -0.39 is 0 Å². The first kappa shape index (κ1) is 46.5. The summed E-state index contributed by atoms with van der Waals surface area (Å²) in [7, 11) is 0. The van der Waals surface area contributed by atoms with E-state index in [0.29, 0.717) is 0 Å². The van der Waals surface area contributed by atoms with Crippen molar-refractivity contribution in [2.45, 2.75) is 0 Å². The van der Waals surface area contributed by atoms with Gasteiger partial charge in [-0.15, -0.1) is 0 Å². The van der Waals surface area contributed by atoms with E-state index in [4.69, 9.17) is 0 Å². The SMILES string of the molecule is [AlH3].[Co].[Fe].[Ni].[Ti]. The van der Waals surface area contributed by atoms with Gasteiger partial charge in [-0.2, -0.15) is 0 Å². The predicted octanol–water partition coefficient (Wildman–Crippen LogP) is -1.19. The molecule has 0 rings (SSSR count). The van der Waals surface area contributed by atoms with E-state index >= 15 is 0 Å². The Balaban J connectivity index is 0. The zero-order valence-electron chi connectivity index (χ0n) is 1.50. The normalized spacial score (nSPS) is 0. The average molecular weight is 251 g/mol. The molecule has 5 heteroatoms. The zero-order valence-corrected chi connectivity index (χ0v) is 6.20. The summed E-state index contributed by atoms with van der Waals surface area (Å²) >= 11 is 0. The molecule has 0 saturated carbocycles. The minimum Gasteiger partial charge on any atom is 0 e. The van der Waals surface area contributed by atoms with Gasteiger partial charge in [0.25, 0.3) is 0 Å². The third kappa shape index (κ3) is 20.1. The van der Waals surface area contributed by atoms with E-state index in [2.05, 4.69) is 0 Å². The van der Waals surface area contributed by atoms with Gasteiger partial charge in [0.1, 0.15) is 0 Å². The summed E-state index contributed by atoms with van der Waals surface area (Å²) in [6.45, 7) is 0. The molecule has 0 fully saturated rings. The van der Waals surface area contributed by atoms with Gasteiger partial charge < -0.3 is 0 Å². The Morgan fingerprint density at radius 2 is 1.00 bits per heavy atom. The van der Waals surface area contributed by atoms with Gasteiger partial charge in [-0.25, -0.2) is 0 Å². The van der Waals surface area contributed by atoms with E-state index in [1.54, 1.807) is 0 Å². The molecule has 5 heavy (non-hydrogen) atoms. The minimum absolute atomic E-state index is 0. The molecular weight excluding hydrogens is 248 g/mol. The molecular formula is H3AlCoFeNiTi. The van der Waals surface area contributed by atoms with Crippen molar-refractivity contribution in [3.63, 3.8) is 0 Å². The van der Waals surface area contributed by atoms with E-state index in [0.717, 1.165) is 0 Å². The summed E-state index contributed by atoms with van der Waals surface area (Å²) < 4.78 is 0. The average Bonchev–Trinajstić information content (AvgIpc) is 0. The molecule has 0 aromatic carbocycles. The summed E-state index contributed by atoms with van der Waals surface area (Å²) in [6, 6.07) is 0. The van der Waals surface area contributed by atoms with Gasteiger partial charge in [-0.1, -0.05) is 0 Å². The summed E-state index contributed by atoms with van der Waals surface area (Å²) in [6.07, 6.45) is 0. The van der Waals surface area contributed by atoms with E-state index in [9.17, 15) is 0 Å². The molecule has 0 bridgehead atoms. The van der Waals surface area contributed by atoms with Crippen LogP contribution < -0.4 is 0 Å². The Labute approximate surface area is 88.2 Å². The Morgan fingerprint density at radius 3 is 1.00 bits per heavy atom. The van der Waals surface area contributed by atoms with Gasteiger partial charge >= 0.3 is 0 Å². The number of rotatable bonds is 0. The quantitative estimate of drug-likeness (QED) is 0.475. The maximum atomic E-state index is 0. The molecule has 0 aromatic heterocycles. The second kappa shape index (κ2) is 29.4. The van der Waals surface area contributed by atoms with Crippen LogP contribution in [-0.4, -0.2) is 17.4 Å². The van der Waals surface area contributed by atoms with Crippen LogP contribution in [0.15, 0.2) is 0 Å². The third-order valence-corrected chi connectivity index (χ3v) is 0. The molecule has 0 aliphatic carbocycles. The van der Waals surface area contributed by atoms with Crippen LogP contribution >= 0.6 is 0 Å². The van der Waals surface area contributed by atoms with E-state index in [1.807, 2.05) is 0 Å². The molecule has 1 radical (unpaired) electrons. The molecule has 0 nitrogen and oxygen atoms in total. The first-order chi connectivity index (χ1) is 0. The van der Waals surface area contributed by atoms with Crippen molar-refractivity contribution < 1.29 is 72.1 Å². The molecule has 0 unspecified atom stereocenters. The van der Waals surface area contributed by atoms with E-state index in [-0.39, 0.29) is 89.4 Å². The summed E-state index contributed by atoms with van der Waals surface area (Å²) in [4.78, 5) is 0. The van der Waals surface area contributed by atoms with Crippen LogP contribution in [0.2, 0.25) is 0 Å². The second-order valence-electron chi connectivity index (χ2n) is 0. The first-order valence-electron chi connectivity index (χ1n) is 0. The molecule has 0 spiro atoms. The second-order valence-corrected chi connectivity index (χ2v) is 0. The molecule has 37 valence electrons. The number of hydrogen-bond donors (Lipinski definition) is 0. The van der Waals surface area contributed by atoms with Crippen LogP contribution in [-0.2, 0) is 72.1 Å². The minimum atomic E-state index is 0. The first-order valence-corrected chi connectivity index (χ1v) is 0. The van der Waals surface area contributed by atoms with Crippen molar-refractivity contribution in [1.82, 2.24) is 0 Å². The largest absolute Gasteiger partial charge is 0.187 e. The van der Waals surface area contributed by atoms with Gasteiger partial charge in [0.15, 0.2) is 17.4 Å². The monoisotopic (exact) mass is 251 g/mol. The summed E-state index contributed by atoms with van der Waals surface area (Å²) in [5.74, 6) is 0. The van der Waals surface area contributed by atoms with Crippen LogP contribution in [0.1, 0.15) is 0 Å². The molecule has 0 saturated heterocycles. The topological polar surface area (TPSA) is 0 Å². The van der Waals surface area contributed by atoms with Crippen LogP contribution in [0.4, 0.5) is 0 Å². The van der Waals surface area contributed by atoms with Crippen molar-refractivity contribution in [3.05, 3.63) is 0 Å². The predicted molar refractivity (Wildman–Crippen MR) is 9.94 cm³/mol. The Hall–Kier alpha value is 2.77. The fraction of sp³-hybridized carbons (Fsp3) is 0. The molecule has 0 aromatic rings. The van der Waals surface area contributed by atoms with Crippen molar-refractivity contribution in [3.8, 4) is 0 Å². The van der Waals surface area contributed by atoms with Crippen molar-refractivity contribution in [2.24, 2.45) is 0 Å². The smallest absolute Gasteiger partial charge is 0 e. The maximum Gasteiger partial charge on any atom is 0.187 e. The van der Waals surface area contributed by atoms with Crippen molar-refractivity contribution in [1.29, 1.82) is 0 Å². The Kier molecular flexibility index (Phi) is 273. The zero-order chi connectivity index (χ0) is 0. The standard InChI is InChI=1S/Al.Co.Fe.Ni.Ti.3H. The fourth-order valence-corrected chi connectivity index (χ4v) is 0. The van der Waals surface area contributed by atoms with Gasteiger partial charge in [0.05, 0.1) is 0 Å². The molecule has 0 amide bonds. The van der Waals surface area contributed by atoms with Crippen LogP contribution in [0.3, 0.4) is 0 Å². The van der Waals surface area contributed by atoms with Crippen LogP contribution in [0.5, 0.6) is 0 Å².